The van der Waals surface area contributed by atoms with E-state index < -0.39 is 0 Å². The Hall–Kier alpha value is -2.01. The summed E-state index contributed by atoms with van der Waals surface area (Å²) in [6.07, 6.45) is 3.47. The number of aliphatic imine (C=N–C) groups is 1. The molecule has 5 heteroatoms. The Morgan fingerprint density at radius 3 is 2.68 bits per heavy atom. The molecule has 0 saturated carbocycles. The molecule has 2 aliphatic rings. The summed E-state index contributed by atoms with van der Waals surface area (Å²) in [6, 6.07) is 3.82. The van der Waals surface area contributed by atoms with Gasteiger partial charge in [0.1, 0.15) is 5.69 Å². The summed E-state index contributed by atoms with van der Waals surface area (Å²) in [5, 5.41) is 0. The van der Waals surface area contributed by atoms with Gasteiger partial charge in [-0.1, -0.05) is 6.07 Å². The van der Waals surface area contributed by atoms with Crippen molar-refractivity contribution in [1.82, 2.24) is 0 Å². The van der Waals surface area contributed by atoms with Crippen LogP contribution < -0.4 is 9.47 Å². The third-order valence-electron chi connectivity index (χ3n) is 3.42. The highest BCUT2D eigenvalue weighted by molar-refractivity contribution is 5.90. The molecule has 0 amide bonds. The molecule has 5 nitrogen and oxygen atoms in total. The largest absolute Gasteiger partial charge is 0.493 e. The van der Waals surface area contributed by atoms with Crippen LogP contribution in [0.15, 0.2) is 29.5 Å². The SMILES string of the molecule is COc1ccc2c(c1OC)N=C1OC=CC1C2OC. The van der Waals surface area contributed by atoms with Crippen molar-refractivity contribution in [3.8, 4) is 11.5 Å². The Kier molecular flexibility index (Phi) is 2.91. The zero-order valence-electron chi connectivity index (χ0n) is 11.0. The summed E-state index contributed by atoms with van der Waals surface area (Å²) < 4.78 is 21.7. The normalized spacial score (nSPS) is 23.2. The Labute approximate surface area is 111 Å². The number of hydrogen-bond donors (Lipinski definition) is 0. The molecular formula is C14H15NO4. The first-order valence-electron chi connectivity index (χ1n) is 5.99. The van der Waals surface area contributed by atoms with Gasteiger partial charge in [0.2, 0.25) is 5.90 Å². The molecule has 0 aliphatic carbocycles. The Morgan fingerprint density at radius 1 is 1.16 bits per heavy atom. The highest BCUT2D eigenvalue weighted by Gasteiger charge is 2.37. The maximum absolute atomic E-state index is 5.60. The summed E-state index contributed by atoms with van der Waals surface area (Å²) in [7, 11) is 4.88. The van der Waals surface area contributed by atoms with E-state index in [4.69, 9.17) is 18.9 Å². The number of ether oxygens (including phenoxy) is 4. The number of hydrogen-bond acceptors (Lipinski definition) is 5. The summed E-state index contributed by atoms with van der Waals surface area (Å²) in [4.78, 5) is 4.53. The zero-order valence-corrected chi connectivity index (χ0v) is 11.0. The van der Waals surface area contributed by atoms with E-state index in [0.29, 0.717) is 23.1 Å². The van der Waals surface area contributed by atoms with Crippen molar-refractivity contribution in [2.45, 2.75) is 6.10 Å². The highest BCUT2D eigenvalue weighted by atomic mass is 16.5. The molecular weight excluding hydrogens is 246 g/mol. The first-order valence-corrected chi connectivity index (χ1v) is 5.99. The quantitative estimate of drug-likeness (QED) is 0.839. The van der Waals surface area contributed by atoms with E-state index >= 15 is 0 Å². The summed E-state index contributed by atoms with van der Waals surface area (Å²) in [5.41, 5.74) is 1.69. The van der Waals surface area contributed by atoms with Crippen LogP contribution in [0.2, 0.25) is 0 Å². The molecule has 2 unspecified atom stereocenters. The van der Waals surface area contributed by atoms with E-state index in [9.17, 15) is 0 Å². The van der Waals surface area contributed by atoms with Crippen molar-refractivity contribution < 1.29 is 18.9 Å². The summed E-state index contributed by atoms with van der Waals surface area (Å²) in [6.45, 7) is 0. The van der Waals surface area contributed by atoms with Gasteiger partial charge in [-0.3, -0.25) is 0 Å². The van der Waals surface area contributed by atoms with Crippen LogP contribution in [0.5, 0.6) is 11.5 Å². The molecule has 0 N–H and O–H groups in total. The van der Waals surface area contributed by atoms with Gasteiger partial charge in [-0.2, -0.15) is 0 Å². The molecule has 1 aromatic carbocycles. The average molecular weight is 261 g/mol. The topological polar surface area (TPSA) is 49.3 Å². The van der Waals surface area contributed by atoms with Crippen LogP contribution in [-0.4, -0.2) is 27.2 Å². The van der Waals surface area contributed by atoms with E-state index in [1.54, 1.807) is 27.6 Å². The van der Waals surface area contributed by atoms with E-state index in [2.05, 4.69) is 4.99 Å². The fourth-order valence-electron chi connectivity index (χ4n) is 2.53. The van der Waals surface area contributed by atoms with Crippen LogP contribution in [-0.2, 0) is 9.47 Å². The number of nitrogens with zero attached hydrogens (tertiary/aromatic N) is 1. The van der Waals surface area contributed by atoms with Crippen molar-refractivity contribution in [1.29, 1.82) is 0 Å². The van der Waals surface area contributed by atoms with Gasteiger partial charge < -0.3 is 18.9 Å². The van der Waals surface area contributed by atoms with Crippen LogP contribution in [0.25, 0.3) is 0 Å². The number of benzene rings is 1. The summed E-state index contributed by atoms with van der Waals surface area (Å²) in [5.74, 6) is 1.90. The maximum Gasteiger partial charge on any atom is 0.204 e. The van der Waals surface area contributed by atoms with Gasteiger partial charge in [0, 0.05) is 12.7 Å². The van der Waals surface area contributed by atoms with Gasteiger partial charge in [-0.25, -0.2) is 4.99 Å². The minimum absolute atomic E-state index is 0.0237. The van der Waals surface area contributed by atoms with Crippen molar-refractivity contribution in [2.24, 2.45) is 10.9 Å². The van der Waals surface area contributed by atoms with Gasteiger partial charge in [-0.15, -0.1) is 0 Å². The maximum atomic E-state index is 5.60. The molecule has 1 aromatic rings. The van der Waals surface area contributed by atoms with E-state index in [1.165, 1.54) is 0 Å². The number of fused-ring (bicyclic) bond motifs is 2. The van der Waals surface area contributed by atoms with Crippen molar-refractivity contribution in [2.75, 3.05) is 21.3 Å². The molecule has 0 aromatic heterocycles. The molecule has 0 spiro atoms. The van der Waals surface area contributed by atoms with E-state index in [0.717, 1.165) is 5.56 Å². The van der Waals surface area contributed by atoms with Crippen molar-refractivity contribution in [3.05, 3.63) is 30.0 Å². The smallest absolute Gasteiger partial charge is 0.204 e. The van der Waals surface area contributed by atoms with Crippen LogP contribution in [0.3, 0.4) is 0 Å². The lowest BCUT2D eigenvalue weighted by molar-refractivity contribution is 0.0845. The lowest BCUT2D eigenvalue weighted by atomic mass is 9.91. The molecule has 100 valence electrons. The van der Waals surface area contributed by atoms with Crippen molar-refractivity contribution in [3.63, 3.8) is 0 Å². The van der Waals surface area contributed by atoms with Gasteiger partial charge in [0.05, 0.1) is 32.5 Å². The predicted octanol–water partition coefficient (Wildman–Crippen LogP) is 2.60. The molecule has 2 aliphatic heterocycles. The Balaban J connectivity index is 2.20. The number of rotatable bonds is 3. The summed E-state index contributed by atoms with van der Waals surface area (Å²) >= 11 is 0. The average Bonchev–Trinajstić information content (AvgIpc) is 2.91. The van der Waals surface area contributed by atoms with Crippen molar-refractivity contribution >= 4 is 11.6 Å². The van der Waals surface area contributed by atoms with Crippen LogP contribution in [0.4, 0.5) is 5.69 Å². The highest BCUT2D eigenvalue weighted by Crippen LogP contribution is 2.49. The lowest BCUT2D eigenvalue weighted by Gasteiger charge is -2.27. The van der Waals surface area contributed by atoms with E-state index in [1.807, 2.05) is 18.2 Å². The van der Waals surface area contributed by atoms with Gasteiger partial charge >= 0.3 is 0 Å². The van der Waals surface area contributed by atoms with Gasteiger partial charge in [0.25, 0.3) is 0 Å². The van der Waals surface area contributed by atoms with E-state index in [-0.39, 0.29) is 12.0 Å². The first kappa shape index (κ1) is 12.0. The molecule has 0 bridgehead atoms. The first-order chi connectivity index (χ1) is 9.30. The second kappa shape index (κ2) is 4.59. The molecule has 19 heavy (non-hydrogen) atoms. The number of methoxy groups -OCH3 is 3. The Bertz CT molecular complexity index is 565. The second-order valence-corrected chi connectivity index (χ2v) is 4.32. The van der Waals surface area contributed by atoms with Crippen LogP contribution >= 0.6 is 0 Å². The molecule has 3 rings (SSSR count). The van der Waals surface area contributed by atoms with Crippen LogP contribution in [0, 0.1) is 5.92 Å². The molecule has 0 fully saturated rings. The standard InChI is InChI=1S/C14H15NO4/c1-16-10-5-4-8-11(13(10)18-3)15-14-9(6-7-19-14)12(8)17-2/h4-7,9,12H,1-3H3. The molecule has 2 atom stereocenters. The van der Waals surface area contributed by atoms with Gasteiger partial charge in [-0.05, 0) is 12.1 Å². The minimum atomic E-state index is -0.124. The lowest BCUT2D eigenvalue weighted by Crippen LogP contribution is -2.23. The molecule has 0 radical (unpaired) electrons. The minimum Gasteiger partial charge on any atom is -0.493 e. The monoisotopic (exact) mass is 261 g/mol. The Morgan fingerprint density at radius 2 is 2.00 bits per heavy atom. The fraction of sp³-hybridized carbons (Fsp3) is 0.357. The predicted molar refractivity (Wildman–Crippen MR) is 70.1 cm³/mol. The van der Waals surface area contributed by atoms with Crippen LogP contribution in [0.1, 0.15) is 11.7 Å². The zero-order chi connectivity index (χ0) is 13.4. The fourth-order valence-corrected chi connectivity index (χ4v) is 2.53. The second-order valence-electron chi connectivity index (χ2n) is 4.32. The van der Waals surface area contributed by atoms with Gasteiger partial charge in [0.15, 0.2) is 11.5 Å². The molecule has 2 heterocycles. The third kappa shape index (κ3) is 1.69. The molecule has 0 saturated heterocycles. The third-order valence-corrected chi connectivity index (χ3v) is 3.42.